The molecular weight excluding hydrogens is 521 g/mol. The Morgan fingerprint density at radius 1 is 0.906 bits per heavy atom. The van der Waals surface area contributed by atoms with Gasteiger partial charge in [0.15, 0.2) is 17.5 Å². The fourth-order valence-electron chi connectivity index (χ4n) is 3.01. The zero-order valence-corrected chi connectivity index (χ0v) is 22.0. The minimum atomic E-state index is 0. The number of hydrogen-bond donors (Lipinski definition) is 2. The minimum Gasteiger partial charge on any atom is -0.493 e. The van der Waals surface area contributed by atoms with E-state index < -0.39 is 0 Å². The third-order valence-electron chi connectivity index (χ3n) is 4.63. The number of methoxy groups -OCH3 is 2. The Labute approximate surface area is 208 Å². The molecule has 7 nitrogen and oxygen atoms in total. The van der Waals surface area contributed by atoms with Crippen molar-refractivity contribution in [3.05, 3.63) is 53.1 Å². The molecule has 0 fully saturated rings. The van der Waals surface area contributed by atoms with E-state index >= 15 is 0 Å². The zero-order chi connectivity index (χ0) is 22.5. The first kappa shape index (κ1) is 27.8. The Morgan fingerprint density at radius 2 is 1.69 bits per heavy atom. The van der Waals surface area contributed by atoms with E-state index in [4.69, 9.17) is 18.9 Å². The van der Waals surface area contributed by atoms with Gasteiger partial charge in [-0.05, 0) is 43.2 Å². The average molecular weight is 557 g/mol. The van der Waals surface area contributed by atoms with Crippen molar-refractivity contribution in [2.45, 2.75) is 33.4 Å². The van der Waals surface area contributed by atoms with Crippen LogP contribution in [0.1, 0.15) is 30.0 Å². The number of hydrogen-bond acceptors (Lipinski definition) is 5. The second-order valence-corrected chi connectivity index (χ2v) is 7.00. The van der Waals surface area contributed by atoms with Crippen LogP contribution in [0.3, 0.4) is 0 Å². The average Bonchev–Trinajstić information content (AvgIpc) is 2.78. The van der Waals surface area contributed by atoms with E-state index in [9.17, 15) is 0 Å². The summed E-state index contributed by atoms with van der Waals surface area (Å²) >= 11 is 0. The fourth-order valence-corrected chi connectivity index (χ4v) is 3.01. The molecule has 2 aromatic carbocycles. The summed E-state index contributed by atoms with van der Waals surface area (Å²) in [7, 11) is 5.10. The van der Waals surface area contributed by atoms with Crippen LogP contribution in [-0.2, 0) is 17.8 Å². The van der Waals surface area contributed by atoms with Gasteiger partial charge in [0.25, 0.3) is 0 Å². The van der Waals surface area contributed by atoms with E-state index in [0.717, 1.165) is 40.4 Å². The summed E-state index contributed by atoms with van der Waals surface area (Å²) in [6.07, 6.45) is 0.853. The summed E-state index contributed by atoms with van der Waals surface area (Å²) in [6.45, 7) is 7.13. The first-order valence-electron chi connectivity index (χ1n) is 10.6. The summed E-state index contributed by atoms with van der Waals surface area (Å²) in [5.74, 6) is 3.06. The maximum atomic E-state index is 5.97. The van der Waals surface area contributed by atoms with Crippen LogP contribution in [0, 0.1) is 6.92 Å². The lowest BCUT2D eigenvalue weighted by Crippen LogP contribution is -2.36. The third-order valence-corrected chi connectivity index (χ3v) is 4.63. The zero-order valence-electron chi connectivity index (χ0n) is 19.7. The first-order valence-corrected chi connectivity index (χ1v) is 10.6. The standard InChI is InChI=1S/C24H35N3O4.HI/c1-6-30-21-11-9-19(15-23(21)29-5)16-26-24(25-3)27-17-20-10-8-18(2)14-22(20)31-13-7-12-28-4;/h8-11,14-15H,6-7,12-13,16-17H2,1-5H3,(H2,25,26,27);1H. The molecule has 0 atom stereocenters. The minimum absolute atomic E-state index is 0. The van der Waals surface area contributed by atoms with E-state index in [1.165, 1.54) is 0 Å². The van der Waals surface area contributed by atoms with E-state index in [1.807, 2.05) is 25.1 Å². The third kappa shape index (κ3) is 9.12. The van der Waals surface area contributed by atoms with Crippen molar-refractivity contribution in [1.29, 1.82) is 0 Å². The predicted octanol–water partition coefficient (Wildman–Crippen LogP) is 4.30. The Kier molecular flexibility index (Phi) is 13.5. The van der Waals surface area contributed by atoms with Gasteiger partial charge in [-0.1, -0.05) is 18.2 Å². The van der Waals surface area contributed by atoms with E-state index in [-0.39, 0.29) is 24.0 Å². The molecule has 8 heteroatoms. The number of benzene rings is 2. The van der Waals surface area contributed by atoms with Crippen molar-refractivity contribution in [2.24, 2.45) is 4.99 Å². The SMILES string of the molecule is CCOc1ccc(CNC(=NC)NCc2ccc(C)cc2OCCCOC)cc1OC.I. The second kappa shape index (κ2) is 15.6. The normalized spacial score (nSPS) is 10.8. The number of rotatable bonds is 12. The van der Waals surface area contributed by atoms with Crippen molar-refractivity contribution in [1.82, 2.24) is 10.6 Å². The topological polar surface area (TPSA) is 73.3 Å². The molecule has 0 saturated heterocycles. The number of nitrogens with zero attached hydrogens (tertiary/aromatic N) is 1. The van der Waals surface area contributed by atoms with Crippen molar-refractivity contribution >= 4 is 29.9 Å². The van der Waals surface area contributed by atoms with Gasteiger partial charge in [0.05, 0.1) is 20.3 Å². The van der Waals surface area contributed by atoms with E-state index in [1.54, 1.807) is 21.3 Å². The largest absolute Gasteiger partial charge is 0.493 e. The molecule has 0 amide bonds. The molecule has 178 valence electrons. The number of ether oxygens (including phenoxy) is 4. The molecule has 32 heavy (non-hydrogen) atoms. The van der Waals surface area contributed by atoms with Crippen molar-refractivity contribution in [2.75, 3.05) is 41.1 Å². The summed E-state index contributed by atoms with van der Waals surface area (Å²) in [5.41, 5.74) is 3.31. The van der Waals surface area contributed by atoms with E-state index in [2.05, 4.69) is 40.7 Å². The van der Waals surface area contributed by atoms with Gasteiger partial charge >= 0.3 is 0 Å². The molecule has 2 N–H and O–H groups in total. The first-order chi connectivity index (χ1) is 15.1. The number of aliphatic imine (C=N–C) groups is 1. The van der Waals surface area contributed by atoms with Gasteiger partial charge < -0.3 is 29.6 Å². The van der Waals surface area contributed by atoms with Crippen molar-refractivity contribution in [3.8, 4) is 17.2 Å². The second-order valence-electron chi connectivity index (χ2n) is 7.00. The Hall–Kier alpha value is -2.20. The van der Waals surface area contributed by atoms with Crippen molar-refractivity contribution in [3.63, 3.8) is 0 Å². The molecule has 0 bridgehead atoms. The van der Waals surface area contributed by atoms with Crippen LogP contribution in [0.5, 0.6) is 17.2 Å². The maximum absolute atomic E-state index is 5.97. The lowest BCUT2D eigenvalue weighted by molar-refractivity contribution is 0.171. The van der Waals surface area contributed by atoms with Crippen LogP contribution in [0.2, 0.25) is 0 Å². The summed E-state index contributed by atoms with van der Waals surface area (Å²) in [6, 6.07) is 12.1. The summed E-state index contributed by atoms with van der Waals surface area (Å²) < 4.78 is 22.1. The highest BCUT2D eigenvalue weighted by molar-refractivity contribution is 14.0. The van der Waals surface area contributed by atoms with Gasteiger partial charge in [-0.2, -0.15) is 0 Å². The van der Waals surface area contributed by atoms with Gasteiger partial charge in [0, 0.05) is 45.8 Å². The molecule has 2 rings (SSSR count). The molecule has 2 aromatic rings. The molecule has 0 aromatic heterocycles. The highest BCUT2D eigenvalue weighted by Crippen LogP contribution is 2.28. The number of aryl methyl sites for hydroxylation is 1. The Balaban J connectivity index is 0.00000512. The number of halogens is 1. The van der Waals surface area contributed by atoms with Crippen LogP contribution >= 0.6 is 24.0 Å². The molecule has 0 unspecified atom stereocenters. The van der Waals surface area contributed by atoms with E-state index in [0.29, 0.717) is 38.9 Å². The quantitative estimate of drug-likeness (QED) is 0.176. The summed E-state index contributed by atoms with van der Waals surface area (Å²) in [4.78, 5) is 4.32. The van der Waals surface area contributed by atoms with Gasteiger partial charge in [-0.3, -0.25) is 4.99 Å². The fraction of sp³-hybridized carbons (Fsp3) is 0.458. The van der Waals surface area contributed by atoms with Gasteiger partial charge in [0.2, 0.25) is 0 Å². The molecule has 0 aliphatic heterocycles. The van der Waals surface area contributed by atoms with Crippen molar-refractivity contribution < 1.29 is 18.9 Å². The smallest absolute Gasteiger partial charge is 0.191 e. The van der Waals surface area contributed by atoms with Gasteiger partial charge in [-0.15, -0.1) is 24.0 Å². The highest BCUT2D eigenvalue weighted by atomic mass is 127. The number of guanidine groups is 1. The van der Waals surface area contributed by atoms with Crippen LogP contribution < -0.4 is 24.8 Å². The lowest BCUT2D eigenvalue weighted by Gasteiger charge is -2.16. The van der Waals surface area contributed by atoms with Gasteiger partial charge in [0.1, 0.15) is 5.75 Å². The monoisotopic (exact) mass is 557 g/mol. The Morgan fingerprint density at radius 3 is 2.38 bits per heavy atom. The molecule has 0 heterocycles. The molecule has 0 aliphatic carbocycles. The molecule has 0 aliphatic rings. The highest BCUT2D eigenvalue weighted by Gasteiger charge is 2.08. The lowest BCUT2D eigenvalue weighted by atomic mass is 10.1. The molecule has 0 radical (unpaired) electrons. The molecule has 0 spiro atoms. The Bertz CT molecular complexity index is 846. The van der Waals surface area contributed by atoms with Gasteiger partial charge in [-0.25, -0.2) is 0 Å². The maximum Gasteiger partial charge on any atom is 0.191 e. The molecule has 0 saturated carbocycles. The number of nitrogens with one attached hydrogen (secondary N) is 2. The molecular formula is C24H36IN3O4. The van der Waals surface area contributed by atoms with Crippen LogP contribution in [-0.4, -0.2) is 47.0 Å². The van der Waals surface area contributed by atoms with Crippen LogP contribution in [0.15, 0.2) is 41.4 Å². The van der Waals surface area contributed by atoms with Crippen LogP contribution in [0.25, 0.3) is 0 Å². The predicted molar refractivity (Wildman–Crippen MR) is 140 cm³/mol. The summed E-state index contributed by atoms with van der Waals surface area (Å²) in [5, 5.41) is 6.69. The van der Waals surface area contributed by atoms with Crippen LogP contribution in [0.4, 0.5) is 0 Å².